The molecule has 32 heavy (non-hydrogen) atoms. The van der Waals surface area contributed by atoms with E-state index in [-0.39, 0.29) is 17.4 Å². The summed E-state index contributed by atoms with van der Waals surface area (Å²) >= 11 is 0. The van der Waals surface area contributed by atoms with Crippen molar-refractivity contribution in [3.8, 4) is 0 Å². The molecule has 8 heteroatoms. The number of carbonyl (C=O) groups is 2. The second-order valence-electron chi connectivity index (χ2n) is 8.55. The van der Waals surface area contributed by atoms with Gasteiger partial charge < -0.3 is 24.1 Å². The molecule has 0 atom stereocenters. The van der Waals surface area contributed by atoms with Crippen molar-refractivity contribution < 1.29 is 14.0 Å². The maximum atomic E-state index is 13.0. The van der Waals surface area contributed by atoms with Crippen LogP contribution in [-0.2, 0) is 22.7 Å². The first-order chi connectivity index (χ1) is 15.3. The van der Waals surface area contributed by atoms with Gasteiger partial charge in [0.1, 0.15) is 11.0 Å². The van der Waals surface area contributed by atoms with Gasteiger partial charge in [-0.2, -0.15) is 0 Å². The number of aromatic nitrogens is 1. The van der Waals surface area contributed by atoms with E-state index >= 15 is 0 Å². The van der Waals surface area contributed by atoms with Crippen molar-refractivity contribution in [3.63, 3.8) is 0 Å². The molecule has 0 aliphatic carbocycles. The lowest BCUT2D eigenvalue weighted by molar-refractivity contribution is -0.137. The fourth-order valence-electron chi connectivity index (χ4n) is 4.17. The zero-order valence-corrected chi connectivity index (χ0v) is 18.8. The van der Waals surface area contributed by atoms with Crippen molar-refractivity contribution in [2.24, 2.45) is 5.41 Å². The molecule has 0 radical (unpaired) electrons. The summed E-state index contributed by atoms with van der Waals surface area (Å²) in [5.74, 6) is -0.416. The first kappa shape index (κ1) is 21.8. The Balaban J connectivity index is 1.48. The fraction of sp³-hybridized carbons (Fsp3) is 0.375. The molecule has 1 aliphatic heterocycles. The van der Waals surface area contributed by atoms with Crippen molar-refractivity contribution in [2.45, 2.75) is 33.9 Å². The van der Waals surface area contributed by atoms with E-state index < -0.39 is 5.41 Å². The van der Waals surface area contributed by atoms with Crippen LogP contribution < -0.4 is 20.7 Å². The summed E-state index contributed by atoms with van der Waals surface area (Å²) in [5, 5.41) is 3.92. The third kappa shape index (κ3) is 3.60. The number of hydrogen-bond acceptors (Lipinski definition) is 5. The molecule has 3 aromatic rings. The Morgan fingerprint density at radius 3 is 2.56 bits per heavy atom. The van der Waals surface area contributed by atoms with Crippen LogP contribution >= 0.6 is 0 Å². The number of carbonyl (C=O) groups excluding carboxylic acids is 2. The number of benzene rings is 1. The third-order valence-electron chi connectivity index (χ3n) is 6.08. The highest BCUT2D eigenvalue weighted by Crippen LogP contribution is 2.38. The summed E-state index contributed by atoms with van der Waals surface area (Å²) < 4.78 is 6.92. The highest BCUT2D eigenvalue weighted by molar-refractivity contribution is 6.19. The van der Waals surface area contributed by atoms with Crippen molar-refractivity contribution in [3.05, 3.63) is 58.7 Å². The number of fused-ring (bicyclic) bond motifs is 2. The highest BCUT2D eigenvalue weighted by Gasteiger charge is 2.45. The molecule has 0 fully saturated rings. The van der Waals surface area contributed by atoms with E-state index in [2.05, 4.69) is 5.32 Å². The normalized spacial score (nSPS) is 15.9. The predicted octanol–water partition coefficient (Wildman–Crippen LogP) is 2.74. The van der Waals surface area contributed by atoms with E-state index in [1.165, 1.54) is 6.26 Å². The van der Waals surface area contributed by atoms with Crippen LogP contribution in [-0.4, -0.2) is 36.5 Å². The first-order valence-electron chi connectivity index (χ1n) is 10.8. The van der Waals surface area contributed by atoms with E-state index in [0.717, 1.165) is 16.9 Å². The van der Waals surface area contributed by atoms with Crippen LogP contribution in [0.15, 0.2) is 52.0 Å². The molecule has 0 spiro atoms. The summed E-state index contributed by atoms with van der Waals surface area (Å²) in [6.07, 6.45) is 3.25. The summed E-state index contributed by atoms with van der Waals surface area (Å²) in [6, 6.07) is 9.28. The molecular formula is C24H28N4O4. The third-order valence-corrected chi connectivity index (χ3v) is 6.08. The number of anilines is 2. The Labute approximate surface area is 186 Å². The average Bonchev–Trinajstić information content (AvgIpc) is 3.26. The smallest absolute Gasteiger partial charge is 0.261 e. The van der Waals surface area contributed by atoms with Gasteiger partial charge in [0.2, 0.25) is 11.8 Å². The molecule has 8 nitrogen and oxygen atoms in total. The van der Waals surface area contributed by atoms with Crippen LogP contribution in [0, 0.1) is 5.41 Å². The predicted molar refractivity (Wildman–Crippen MR) is 124 cm³/mol. The molecule has 1 aromatic carbocycles. The molecule has 0 saturated heterocycles. The van der Waals surface area contributed by atoms with Crippen LogP contribution in [0.5, 0.6) is 0 Å². The van der Waals surface area contributed by atoms with Gasteiger partial charge in [-0.25, -0.2) is 0 Å². The maximum Gasteiger partial charge on any atom is 0.261 e. The van der Waals surface area contributed by atoms with E-state index in [9.17, 15) is 14.4 Å². The SMILES string of the molecule is CCN1C(=O)C(C)(C)C(=O)N(C)c2cc(CNCCn3ccc4occc4c3=O)ccc21. The minimum Gasteiger partial charge on any atom is -0.464 e. The van der Waals surface area contributed by atoms with Crippen LogP contribution in [0.2, 0.25) is 0 Å². The van der Waals surface area contributed by atoms with E-state index in [1.54, 1.807) is 53.6 Å². The second kappa shape index (κ2) is 8.27. The van der Waals surface area contributed by atoms with Gasteiger partial charge in [-0.15, -0.1) is 0 Å². The number of pyridine rings is 1. The summed E-state index contributed by atoms with van der Waals surface area (Å²) in [4.78, 5) is 41.6. The van der Waals surface area contributed by atoms with Gasteiger partial charge in [-0.1, -0.05) is 6.07 Å². The standard InChI is InChI=1S/C24H28N4O4/c1-5-28-18-7-6-16(14-19(18)26(4)22(30)24(2,3)23(28)31)15-25-10-12-27-11-8-20-17(21(27)29)9-13-32-20/h6-9,11,13-14,25H,5,10,12,15H2,1-4H3. The Bertz CT molecular complexity index is 1240. The zero-order chi connectivity index (χ0) is 23.0. The number of amides is 2. The monoisotopic (exact) mass is 436 g/mol. The minimum atomic E-state index is -1.12. The lowest BCUT2D eigenvalue weighted by atomic mass is 9.90. The number of rotatable bonds is 6. The zero-order valence-electron chi connectivity index (χ0n) is 18.8. The first-order valence-corrected chi connectivity index (χ1v) is 10.8. The van der Waals surface area contributed by atoms with E-state index in [0.29, 0.717) is 37.1 Å². The topological polar surface area (TPSA) is 87.8 Å². The van der Waals surface area contributed by atoms with E-state index in [1.807, 2.05) is 25.1 Å². The molecule has 0 bridgehead atoms. The van der Waals surface area contributed by atoms with Gasteiger partial charge in [0, 0.05) is 39.4 Å². The number of hydrogen-bond donors (Lipinski definition) is 1. The van der Waals surface area contributed by atoms with E-state index in [4.69, 9.17) is 4.42 Å². The van der Waals surface area contributed by atoms with Gasteiger partial charge in [-0.05, 0) is 50.6 Å². The average molecular weight is 437 g/mol. The Morgan fingerprint density at radius 1 is 1.03 bits per heavy atom. The van der Waals surface area contributed by atoms with Gasteiger partial charge in [0.15, 0.2) is 0 Å². The largest absolute Gasteiger partial charge is 0.464 e. The van der Waals surface area contributed by atoms with Gasteiger partial charge >= 0.3 is 0 Å². The fourth-order valence-corrected chi connectivity index (χ4v) is 4.17. The molecule has 1 N–H and O–H groups in total. The molecule has 1 aliphatic rings. The Morgan fingerprint density at radius 2 is 1.81 bits per heavy atom. The van der Waals surface area contributed by atoms with Crippen LogP contribution in [0.1, 0.15) is 26.3 Å². The molecule has 3 heterocycles. The van der Waals surface area contributed by atoms with Crippen LogP contribution in [0.25, 0.3) is 11.0 Å². The number of furan rings is 1. The Hall–Kier alpha value is -3.39. The van der Waals surface area contributed by atoms with Crippen molar-refractivity contribution >= 4 is 34.2 Å². The second-order valence-corrected chi connectivity index (χ2v) is 8.55. The van der Waals surface area contributed by atoms with Crippen molar-refractivity contribution in [2.75, 3.05) is 29.9 Å². The molecule has 0 unspecified atom stereocenters. The van der Waals surface area contributed by atoms with Crippen LogP contribution in [0.4, 0.5) is 11.4 Å². The number of nitrogens with one attached hydrogen (secondary N) is 1. The van der Waals surface area contributed by atoms with Crippen molar-refractivity contribution in [1.82, 2.24) is 9.88 Å². The van der Waals surface area contributed by atoms with Crippen molar-refractivity contribution in [1.29, 1.82) is 0 Å². The highest BCUT2D eigenvalue weighted by atomic mass is 16.3. The summed E-state index contributed by atoms with van der Waals surface area (Å²) in [5.41, 5.74) is 1.84. The quantitative estimate of drug-likeness (QED) is 0.474. The minimum absolute atomic E-state index is 0.0739. The molecular weight excluding hydrogens is 408 g/mol. The van der Waals surface area contributed by atoms with Gasteiger partial charge in [0.25, 0.3) is 5.56 Å². The summed E-state index contributed by atoms with van der Waals surface area (Å²) in [6.45, 7) is 7.44. The summed E-state index contributed by atoms with van der Waals surface area (Å²) in [7, 11) is 1.71. The molecule has 0 saturated carbocycles. The molecule has 2 aromatic heterocycles. The van der Waals surface area contributed by atoms with Gasteiger partial charge in [0.05, 0.1) is 23.0 Å². The lowest BCUT2D eigenvalue weighted by Gasteiger charge is -2.27. The maximum absolute atomic E-state index is 13.0. The molecule has 4 rings (SSSR count). The molecule has 2 amide bonds. The van der Waals surface area contributed by atoms with Crippen LogP contribution in [0.3, 0.4) is 0 Å². The number of nitrogens with zero attached hydrogens (tertiary/aromatic N) is 3. The molecule has 168 valence electrons. The Kier molecular flexibility index (Phi) is 5.64. The van der Waals surface area contributed by atoms with Gasteiger partial charge in [-0.3, -0.25) is 14.4 Å². The lowest BCUT2D eigenvalue weighted by Crippen LogP contribution is -2.47.